The molecule has 0 bridgehead atoms. The summed E-state index contributed by atoms with van der Waals surface area (Å²) in [4.78, 5) is 8.34. The van der Waals surface area contributed by atoms with Crippen LogP contribution in [-0.4, -0.2) is 9.97 Å². The van der Waals surface area contributed by atoms with Crippen LogP contribution in [0.5, 0.6) is 5.75 Å². The first-order valence-electron chi connectivity index (χ1n) is 6.42. The Hall–Kier alpha value is -2.56. The molecule has 3 nitrogen and oxygen atoms in total. The Labute approximate surface area is 120 Å². The van der Waals surface area contributed by atoms with Gasteiger partial charge >= 0.3 is 0 Å². The molecule has 5 heteroatoms. The summed E-state index contributed by atoms with van der Waals surface area (Å²) in [5.41, 5.74) is 1.38. The maximum atomic E-state index is 12.7. The molecule has 0 amide bonds. The van der Waals surface area contributed by atoms with Gasteiger partial charge in [-0.1, -0.05) is 18.2 Å². The lowest BCUT2D eigenvalue weighted by Crippen LogP contribution is -1.98. The monoisotopic (exact) mass is 286 g/mol. The number of fused-ring (bicyclic) bond motifs is 1. The quantitative estimate of drug-likeness (QED) is 0.722. The van der Waals surface area contributed by atoms with E-state index in [0.29, 0.717) is 16.8 Å². The Bertz CT molecular complexity index is 757. The van der Waals surface area contributed by atoms with Gasteiger partial charge in [-0.2, -0.15) is 0 Å². The molecule has 21 heavy (non-hydrogen) atoms. The van der Waals surface area contributed by atoms with Crippen molar-refractivity contribution < 1.29 is 13.5 Å². The average molecular weight is 286 g/mol. The van der Waals surface area contributed by atoms with E-state index in [0.717, 1.165) is 5.39 Å². The molecule has 0 saturated carbocycles. The molecule has 0 saturated heterocycles. The summed E-state index contributed by atoms with van der Waals surface area (Å²) in [7, 11) is 0. The molecule has 0 atom stereocenters. The van der Waals surface area contributed by atoms with Crippen molar-refractivity contribution in [2.45, 2.75) is 13.0 Å². The molecular weight excluding hydrogens is 274 g/mol. The zero-order valence-corrected chi connectivity index (χ0v) is 11.0. The SMILES string of the molecule is FC(F)c1cccc(COc2cncc3cccnc23)c1. The van der Waals surface area contributed by atoms with Gasteiger partial charge in [0.2, 0.25) is 0 Å². The van der Waals surface area contributed by atoms with E-state index in [9.17, 15) is 8.78 Å². The summed E-state index contributed by atoms with van der Waals surface area (Å²) in [6.07, 6.45) is 2.47. The van der Waals surface area contributed by atoms with Crippen LogP contribution in [0.2, 0.25) is 0 Å². The number of aromatic nitrogens is 2. The van der Waals surface area contributed by atoms with Crippen molar-refractivity contribution in [3.8, 4) is 5.75 Å². The summed E-state index contributed by atoms with van der Waals surface area (Å²) in [5, 5.41) is 0.872. The van der Waals surface area contributed by atoms with Gasteiger partial charge < -0.3 is 4.74 Å². The van der Waals surface area contributed by atoms with Gasteiger partial charge in [0.15, 0.2) is 5.75 Å². The molecule has 106 valence electrons. The fraction of sp³-hybridized carbons (Fsp3) is 0.125. The first-order valence-corrected chi connectivity index (χ1v) is 6.42. The molecule has 3 rings (SSSR count). The number of alkyl halides is 2. The van der Waals surface area contributed by atoms with Crippen LogP contribution >= 0.6 is 0 Å². The number of hydrogen-bond donors (Lipinski definition) is 0. The second kappa shape index (κ2) is 5.83. The van der Waals surface area contributed by atoms with E-state index in [2.05, 4.69) is 9.97 Å². The Morgan fingerprint density at radius 3 is 2.86 bits per heavy atom. The van der Waals surface area contributed by atoms with Gasteiger partial charge in [0, 0.05) is 23.3 Å². The van der Waals surface area contributed by atoms with E-state index in [4.69, 9.17) is 4.74 Å². The van der Waals surface area contributed by atoms with E-state index in [1.54, 1.807) is 30.7 Å². The summed E-state index contributed by atoms with van der Waals surface area (Å²) in [6.45, 7) is 0.192. The lowest BCUT2D eigenvalue weighted by molar-refractivity contribution is 0.151. The molecule has 0 aliphatic carbocycles. The number of pyridine rings is 2. The molecule has 3 aromatic rings. The van der Waals surface area contributed by atoms with Gasteiger partial charge in [-0.3, -0.25) is 9.97 Å². The van der Waals surface area contributed by atoms with Crippen LogP contribution in [0.1, 0.15) is 17.6 Å². The van der Waals surface area contributed by atoms with Crippen LogP contribution in [-0.2, 0) is 6.61 Å². The first kappa shape index (κ1) is 13.4. The number of benzene rings is 1. The third-order valence-corrected chi connectivity index (χ3v) is 3.08. The third-order valence-electron chi connectivity index (χ3n) is 3.08. The maximum absolute atomic E-state index is 12.7. The minimum atomic E-state index is -2.48. The van der Waals surface area contributed by atoms with Crippen molar-refractivity contribution in [3.05, 3.63) is 66.1 Å². The highest BCUT2D eigenvalue weighted by atomic mass is 19.3. The molecule has 0 unspecified atom stereocenters. The van der Waals surface area contributed by atoms with Crippen LogP contribution in [0.3, 0.4) is 0 Å². The number of halogens is 2. The fourth-order valence-electron chi connectivity index (χ4n) is 2.06. The highest BCUT2D eigenvalue weighted by molar-refractivity contribution is 5.82. The molecule has 0 spiro atoms. The Morgan fingerprint density at radius 1 is 1.10 bits per heavy atom. The molecule has 0 fully saturated rings. The molecule has 0 aliphatic heterocycles. The van der Waals surface area contributed by atoms with Gasteiger partial charge in [0.05, 0.1) is 6.20 Å². The van der Waals surface area contributed by atoms with E-state index in [-0.39, 0.29) is 12.2 Å². The van der Waals surface area contributed by atoms with Gasteiger partial charge in [-0.25, -0.2) is 8.78 Å². The predicted octanol–water partition coefficient (Wildman–Crippen LogP) is 4.15. The fourth-order valence-corrected chi connectivity index (χ4v) is 2.06. The highest BCUT2D eigenvalue weighted by Gasteiger charge is 2.08. The molecule has 1 aromatic carbocycles. The second-order valence-corrected chi connectivity index (χ2v) is 4.55. The van der Waals surface area contributed by atoms with Crippen LogP contribution in [0.15, 0.2) is 55.0 Å². The topological polar surface area (TPSA) is 35.0 Å². The number of ether oxygens (including phenoxy) is 1. The van der Waals surface area contributed by atoms with Crippen molar-refractivity contribution in [1.82, 2.24) is 9.97 Å². The second-order valence-electron chi connectivity index (χ2n) is 4.55. The summed E-state index contributed by atoms with van der Waals surface area (Å²) < 4.78 is 31.0. The normalized spacial score (nSPS) is 11.0. The van der Waals surface area contributed by atoms with Crippen LogP contribution < -0.4 is 4.74 Å². The Morgan fingerprint density at radius 2 is 2.00 bits per heavy atom. The molecule has 0 N–H and O–H groups in total. The maximum Gasteiger partial charge on any atom is 0.263 e. The molecule has 2 aromatic heterocycles. The van der Waals surface area contributed by atoms with Crippen molar-refractivity contribution >= 4 is 10.9 Å². The van der Waals surface area contributed by atoms with E-state index in [1.807, 2.05) is 12.1 Å². The molecule has 0 radical (unpaired) electrons. The number of hydrogen-bond acceptors (Lipinski definition) is 3. The smallest absolute Gasteiger partial charge is 0.263 e. The minimum absolute atomic E-state index is 0.00901. The largest absolute Gasteiger partial charge is 0.485 e. The van der Waals surface area contributed by atoms with Crippen LogP contribution in [0.25, 0.3) is 10.9 Å². The number of rotatable bonds is 4. The summed E-state index contributed by atoms with van der Waals surface area (Å²) in [6, 6.07) is 9.89. The minimum Gasteiger partial charge on any atom is -0.485 e. The predicted molar refractivity (Wildman–Crippen MR) is 75.3 cm³/mol. The van der Waals surface area contributed by atoms with Crippen molar-refractivity contribution in [1.29, 1.82) is 0 Å². The zero-order chi connectivity index (χ0) is 14.7. The highest BCUT2D eigenvalue weighted by Crippen LogP contribution is 2.24. The average Bonchev–Trinajstić information content (AvgIpc) is 2.53. The standard InChI is InChI=1S/C16H12F2N2O/c17-16(18)12-4-1-3-11(7-12)10-21-14-9-19-8-13-5-2-6-20-15(13)14/h1-9,16H,10H2. The third kappa shape index (κ3) is 2.97. The summed E-state index contributed by atoms with van der Waals surface area (Å²) in [5.74, 6) is 0.538. The van der Waals surface area contributed by atoms with Gasteiger partial charge in [-0.05, 0) is 23.8 Å². The molecule has 2 heterocycles. The van der Waals surface area contributed by atoms with E-state index >= 15 is 0 Å². The Kier molecular flexibility index (Phi) is 3.73. The van der Waals surface area contributed by atoms with E-state index < -0.39 is 6.43 Å². The molecular formula is C16H12F2N2O. The van der Waals surface area contributed by atoms with E-state index in [1.165, 1.54) is 12.1 Å². The first-order chi connectivity index (χ1) is 10.2. The lowest BCUT2D eigenvalue weighted by atomic mass is 10.1. The lowest BCUT2D eigenvalue weighted by Gasteiger charge is -2.09. The van der Waals surface area contributed by atoms with Crippen LogP contribution in [0, 0.1) is 0 Å². The van der Waals surface area contributed by atoms with Crippen molar-refractivity contribution in [2.75, 3.05) is 0 Å². The number of nitrogens with zero attached hydrogens (tertiary/aromatic N) is 2. The van der Waals surface area contributed by atoms with Gasteiger partial charge in [0.1, 0.15) is 12.1 Å². The van der Waals surface area contributed by atoms with Crippen LogP contribution in [0.4, 0.5) is 8.78 Å². The zero-order valence-electron chi connectivity index (χ0n) is 11.0. The van der Waals surface area contributed by atoms with Crippen molar-refractivity contribution in [2.24, 2.45) is 0 Å². The summed E-state index contributed by atoms with van der Waals surface area (Å²) >= 11 is 0. The van der Waals surface area contributed by atoms with Gasteiger partial charge in [0.25, 0.3) is 6.43 Å². The Balaban J connectivity index is 1.82. The van der Waals surface area contributed by atoms with Crippen molar-refractivity contribution in [3.63, 3.8) is 0 Å². The molecule has 0 aliphatic rings. The van der Waals surface area contributed by atoms with Gasteiger partial charge in [-0.15, -0.1) is 0 Å².